The van der Waals surface area contributed by atoms with Crippen LogP contribution in [-0.2, 0) is 0 Å². The molecule has 0 bridgehead atoms. The van der Waals surface area contributed by atoms with Crippen molar-refractivity contribution in [3.05, 3.63) is 17.8 Å². The van der Waals surface area contributed by atoms with E-state index >= 15 is 0 Å². The number of nitrogens with two attached hydrogens (primary N) is 1. The van der Waals surface area contributed by atoms with Crippen LogP contribution in [-0.4, -0.2) is 54.3 Å². The molecular formula is C13H22N4O. The van der Waals surface area contributed by atoms with Crippen molar-refractivity contribution in [1.29, 1.82) is 0 Å². The Morgan fingerprint density at radius 3 is 2.83 bits per heavy atom. The summed E-state index contributed by atoms with van der Waals surface area (Å²) in [5.41, 5.74) is 7.35. The molecule has 0 aromatic carbocycles. The van der Waals surface area contributed by atoms with Crippen molar-refractivity contribution in [2.75, 3.05) is 37.8 Å². The van der Waals surface area contributed by atoms with Crippen LogP contribution < -0.4 is 10.6 Å². The van der Waals surface area contributed by atoms with Crippen molar-refractivity contribution in [3.63, 3.8) is 0 Å². The van der Waals surface area contributed by atoms with E-state index in [0.717, 1.165) is 24.5 Å². The van der Waals surface area contributed by atoms with Crippen molar-refractivity contribution in [2.24, 2.45) is 0 Å². The molecule has 2 unspecified atom stereocenters. The molecule has 0 radical (unpaired) electrons. The fourth-order valence-corrected chi connectivity index (χ4v) is 2.49. The number of anilines is 2. The Kier molecular flexibility index (Phi) is 3.73. The highest BCUT2D eigenvalue weighted by Gasteiger charge is 2.32. The number of pyridine rings is 1. The standard InChI is InChI=1S/C13H22N4O/c1-9-12(14)4-5-13(15-9)17-8-11(18)6-10(17)7-16(2)3/h4-5,10-11,18H,6-8,14H2,1-3H3. The monoisotopic (exact) mass is 250 g/mol. The summed E-state index contributed by atoms with van der Waals surface area (Å²) >= 11 is 0. The van der Waals surface area contributed by atoms with Crippen molar-refractivity contribution in [1.82, 2.24) is 9.88 Å². The van der Waals surface area contributed by atoms with Crippen molar-refractivity contribution in [2.45, 2.75) is 25.5 Å². The first-order valence-corrected chi connectivity index (χ1v) is 6.30. The summed E-state index contributed by atoms with van der Waals surface area (Å²) in [6.45, 7) is 3.48. The van der Waals surface area contributed by atoms with Gasteiger partial charge in [0.05, 0.1) is 17.5 Å². The molecule has 0 saturated carbocycles. The average Bonchev–Trinajstić information content (AvgIpc) is 2.62. The molecule has 1 aromatic heterocycles. The first kappa shape index (κ1) is 13.1. The molecule has 1 aliphatic rings. The Labute approximate surface area is 108 Å². The highest BCUT2D eigenvalue weighted by molar-refractivity contribution is 5.51. The van der Waals surface area contributed by atoms with Gasteiger partial charge in [-0.25, -0.2) is 4.98 Å². The normalized spacial score (nSPS) is 23.9. The highest BCUT2D eigenvalue weighted by Crippen LogP contribution is 2.26. The van der Waals surface area contributed by atoms with Gasteiger partial charge in [0.25, 0.3) is 0 Å². The molecule has 2 rings (SSSR count). The number of aliphatic hydroxyl groups is 1. The fourth-order valence-electron chi connectivity index (χ4n) is 2.49. The summed E-state index contributed by atoms with van der Waals surface area (Å²) in [6.07, 6.45) is 0.526. The quantitative estimate of drug-likeness (QED) is 0.816. The van der Waals surface area contributed by atoms with Crippen LogP contribution in [0.3, 0.4) is 0 Å². The molecule has 0 aliphatic carbocycles. The number of nitrogen functional groups attached to an aromatic ring is 1. The Balaban J connectivity index is 2.21. The van der Waals surface area contributed by atoms with Crippen LogP contribution in [0.1, 0.15) is 12.1 Å². The summed E-state index contributed by atoms with van der Waals surface area (Å²) in [7, 11) is 4.09. The third-order valence-electron chi connectivity index (χ3n) is 3.37. The Bertz CT molecular complexity index is 421. The lowest BCUT2D eigenvalue weighted by molar-refractivity contribution is 0.191. The van der Waals surface area contributed by atoms with Gasteiger partial charge in [-0.3, -0.25) is 0 Å². The minimum absolute atomic E-state index is 0.269. The zero-order chi connectivity index (χ0) is 13.3. The number of aromatic nitrogens is 1. The lowest BCUT2D eigenvalue weighted by Gasteiger charge is -2.28. The van der Waals surface area contributed by atoms with Crippen molar-refractivity contribution in [3.8, 4) is 0 Å². The van der Waals surface area contributed by atoms with Crippen LogP contribution in [0, 0.1) is 6.92 Å². The molecular weight excluding hydrogens is 228 g/mol. The third-order valence-corrected chi connectivity index (χ3v) is 3.37. The van der Waals surface area contributed by atoms with E-state index in [1.54, 1.807) is 0 Å². The number of likely N-dealkylation sites (N-methyl/N-ethyl adjacent to an activating group) is 1. The van der Waals surface area contributed by atoms with Gasteiger partial charge in [0.2, 0.25) is 0 Å². The maximum absolute atomic E-state index is 9.86. The molecule has 2 heterocycles. The molecule has 100 valence electrons. The number of aryl methyl sites for hydroxylation is 1. The summed E-state index contributed by atoms with van der Waals surface area (Å²) in [5, 5.41) is 9.86. The van der Waals surface area contributed by atoms with Gasteiger partial charge >= 0.3 is 0 Å². The average molecular weight is 250 g/mol. The maximum Gasteiger partial charge on any atom is 0.129 e. The zero-order valence-corrected chi connectivity index (χ0v) is 11.3. The second-order valence-electron chi connectivity index (χ2n) is 5.30. The van der Waals surface area contributed by atoms with Crippen LogP contribution in [0.2, 0.25) is 0 Å². The van der Waals surface area contributed by atoms with Gasteiger partial charge < -0.3 is 20.6 Å². The predicted octanol–water partition coefficient (Wildman–Crippen LogP) is 0.473. The smallest absolute Gasteiger partial charge is 0.129 e. The molecule has 5 nitrogen and oxygen atoms in total. The van der Waals surface area contributed by atoms with E-state index in [1.807, 2.05) is 33.2 Å². The Hall–Kier alpha value is -1.33. The first-order chi connectivity index (χ1) is 8.47. The van der Waals surface area contributed by atoms with Gasteiger partial charge in [-0.1, -0.05) is 0 Å². The number of nitrogens with zero attached hydrogens (tertiary/aromatic N) is 3. The van der Waals surface area contributed by atoms with Gasteiger partial charge in [0.15, 0.2) is 0 Å². The lowest BCUT2D eigenvalue weighted by atomic mass is 10.2. The molecule has 3 N–H and O–H groups in total. The predicted molar refractivity (Wildman–Crippen MR) is 73.7 cm³/mol. The second kappa shape index (κ2) is 5.12. The molecule has 0 spiro atoms. The van der Waals surface area contributed by atoms with Crippen LogP contribution >= 0.6 is 0 Å². The third kappa shape index (κ3) is 2.73. The van der Waals surface area contributed by atoms with Crippen LogP contribution in [0.25, 0.3) is 0 Å². The van der Waals surface area contributed by atoms with E-state index < -0.39 is 0 Å². The number of rotatable bonds is 3. The molecule has 2 atom stereocenters. The summed E-state index contributed by atoms with van der Waals surface area (Å²) in [5.74, 6) is 0.908. The maximum atomic E-state index is 9.86. The molecule has 1 aromatic rings. The number of hydrogen-bond acceptors (Lipinski definition) is 5. The van der Waals surface area contributed by atoms with E-state index in [-0.39, 0.29) is 6.10 Å². The van der Waals surface area contributed by atoms with Gasteiger partial charge in [-0.2, -0.15) is 0 Å². The Morgan fingerprint density at radius 1 is 1.50 bits per heavy atom. The molecule has 5 heteroatoms. The SMILES string of the molecule is Cc1nc(N2CC(O)CC2CN(C)C)ccc1N. The Morgan fingerprint density at radius 2 is 2.22 bits per heavy atom. The first-order valence-electron chi connectivity index (χ1n) is 6.30. The molecule has 18 heavy (non-hydrogen) atoms. The number of aliphatic hydroxyl groups excluding tert-OH is 1. The fraction of sp³-hybridized carbons (Fsp3) is 0.615. The minimum atomic E-state index is -0.269. The van der Waals surface area contributed by atoms with E-state index in [0.29, 0.717) is 18.3 Å². The van der Waals surface area contributed by atoms with Gasteiger partial charge in [-0.05, 0) is 39.6 Å². The molecule has 1 saturated heterocycles. The van der Waals surface area contributed by atoms with Gasteiger partial charge in [0.1, 0.15) is 5.82 Å². The van der Waals surface area contributed by atoms with E-state index in [9.17, 15) is 5.11 Å². The number of hydrogen-bond donors (Lipinski definition) is 2. The topological polar surface area (TPSA) is 65.6 Å². The molecule has 1 aliphatic heterocycles. The van der Waals surface area contributed by atoms with Crippen LogP contribution in [0.15, 0.2) is 12.1 Å². The highest BCUT2D eigenvalue weighted by atomic mass is 16.3. The van der Waals surface area contributed by atoms with Crippen molar-refractivity contribution >= 4 is 11.5 Å². The van der Waals surface area contributed by atoms with Crippen LogP contribution in [0.4, 0.5) is 11.5 Å². The van der Waals surface area contributed by atoms with Crippen LogP contribution in [0.5, 0.6) is 0 Å². The van der Waals surface area contributed by atoms with Crippen molar-refractivity contribution < 1.29 is 5.11 Å². The zero-order valence-electron chi connectivity index (χ0n) is 11.3. The summed E-state index contributed by atoms with van der Waals surface area (Å²) < 4.78 is 0. The molecule has 1 fully saturated rings. The lowest BCUT2D eigenvalue weighted by Crippen LogP contribution is -2.38. The molecule has 0 amide bonds. The largest absolute Gasteiger partial charge is 0.397 e. The van der Waals surface area contributed by atoms with E-state index in [4.69, 9.17) is 5.73 Å². The second-order valence-corrected chi connectivity index (χ2v) is 5.30. The van der Waals surface area contributed by atoms with E-state index in [1.165, 1.54) is 0 Å². The van der Waals surface area contributed by atoms with E-state index in [2.05, 4.69) is 14.8 Å². The van der Waals surface area contributed by atoms with Gasteiger partial charge in [-0.15, -0.1) is 0 Å². The number of β-amino-alcohol motifs (C(OH)–C–C–N with tert-alkyl or cyclic N) is 1. The van der Waals surface area contributed by atoms with Gasteiger partial charge in [0, 0.05) is 19.1 Å². The minimum Gasteiger partial charge on any atom is -0.397 e. The summed E-state index contributed by atoms with van der Waals surface area (Å²) in [4.78, 5) is 8.83. The summed E-state index contributed by atoms with van der Waals surface area (Å²) in [6, 6.07) is 4.13.